The van der Waals surface area contributed by atoms with Crippen LogP contribution < -0.4 is 10.6 Å². The lowest BCUT2D eigenvalue weighted by Gasteiger charge is -2.19. The molecule has 1 aliphatic heterocycles. The highest BCUT2D eigenvalue weighted by molar-refractivity contribution is 5.85. The maximum atomic E-state index is 13.1. The number of anilines is 1. The lowest BCUT2D eigenvalue weighted by atomic mass is 10.1. The Hall–Kier alpha value is -1.38. The molecule has 0 aromatic heterocycles. The normalized spacial score (nSPS) is 18.7. The minimum Gasteiger partial charge on any atom is -0.369 e. The van der Waals surface area contributed by atoms with E-state index in [0.29, 0.717) is 18.8 Å². The number of hydrogen-bond donors (Lipinski definition) is 1. The predicted octanol–water partition coefficient (Wildman–Crippen LogP) is 1.80. The number of nitrogens with two attached hydrogens (primary N) is 1. The fraction of sp³-hybridized carbons (Fsp3) is 0.364. The number of nitrogens with zero attached hydrogens (tertiary/aromatic N) is 2. The molecule has 0 amide bonds. The quantitative estimate of drug-likeness (QED) is 0.837. The molecular formula is C11H12ClF2N3. The Morgan fingerprint density at radius 1 is 1.35 bits per heavy atom. The summed E-state index contributed by atoms with van der Waals surface area (Å²) in [7, 11) is 0. The van der Waals surface area contributed by atoms with Crippen LogP contribution in [0, 0.1) is 23.0 Å². The summed E-state index contributed by atoms with van der Waals surface area (Å²) in [4.78, 5) is 1.81. The van der Waals surface area contributed by atoms with E-state index in [0.717, 1.165) is 18.6 Å². The zero-order valence-electron chi connectivity index (χ0n) is 8.99. The Kier molecular flexibility index (Phi) is 4.27. The fourth-order valence-corrected chi connectivity index (χ4v) is 1.89. The van der Waals surface area contributed by atoms with Crippen molar-refractivity contribution in [3.05, 3.63) is 29.3 Å². The highest BCUT2D eigenvalue weighted by Gasteiger charge is 2.22. The van der Waals surface area contributed by atoms with E-state index in [9.17, 15) is 8.78 Å². The second-order valence-electron chi connectivity index (χ2n) is 3.89. The minimum absolute atomic E-state index is 0. The van der Waals surface area contributed by atoms with Crippen LogP contribution in [0.3, 0.4) is 0 Å². The molecule has 3 nitrogen and oxygen atoms in total. The van der Waals surface area contributed by atoms with Crippen molar-refractivity contribution in [3.8, 4) is 6.07 Å². The summed E-state index contributed by atoms with van der Waals surface area (Å²) in [6, 6.07) is 3.88. The number of hydrogen-bond acceptors (Lipinski definition) is 3. The van der Waals surface area contributed by atoms with E-state index in [-0.39, 0.29) is 24.0 Å². The summed E-state index contributed by atoms with van der Waals surface area (Å²) in [6.07, 6.45) is 0.796. The molecule has 1 aromatic rings. The first-order chi connectivity index (χ1) is 7.61. The van der Waals surface area contributed by atoms with Crippen molar-refractivity contribution < 1.29 is 8.78 Å². The molecule has 17 heavy (non-hydrogen) atoms. The van der Waals surface area contributed by atoms with Gasteiger partial charge in [0.1, 0.15) is 6.07 Å². The summed E-state index contributed by atoms with van der Waals surface area (Å²) in [5.74, 6) is -1.93. The Labute approximate surface area is 104 Å². The molecule has 6 heteroatoms. The summed E-state index contributed by atoms with van der Waals surface area (Å²) in [6.45, 7) is 1.24. The van der Waals surface area contributed by atoms with Crippen LogP contribution in [0.25, 0.3) is 0 Å². The average Bonchev–Trinajstić information content (AvgIpc) is 2.68. The maximum absolute atomic E-state index is 13.1. The first kappa shape index (κ1) is 13.7. The summed E-state index contributed by atoms with van der Waals surface area (Å²) >= 11 is 0. The first-order valence-corrected chi connectivity index (χ1v) is 5.01. The van der Waals surface area contributed by atoms with Crippen LogP contribution in [-0.4, -0.2) is 19.1 Å². The minimum atomic E-state index is -0.996. The van der Waals surface area contributed by atoms with Crippen LogP contribution in [0.15, 0.2) is 12.1 Å². The average molecular weight is 260 g/mol. The maximum Gasteiger partial charge on any atom is 0.160 e. The van der Waals surface area contributed by atoms with Gasteiger partial charge >= 0.3 is 0 Å². The van der Waals surface area contributed by atoms with Crippen molar-refractivity contribution in [1.29, 1.82) is 5.26 Å². The molecule has 0 spiro atoms. The van der Waals surface area contributed by atoms with E-state index >= 15 is 0 Å². The van der Waals surface area contributed by atoms with Gasteiger partial charge in [0.25, 0.3) is 0 Å². The molecule has 92 valence electrons. The molecular weight excluding hydrogens is 248 g/mol. The lowest BCUT2D eigenvalue weighted by molar-refractivity contribution is 0.508. The first-order valence-electron chi connectivity index (χ1n) is 5.01. The van der Waals surface area contributed by atoms with E-state index in [1.54, 1.807) is 0 Å². The topological polar surface area (TPSA) is 53.0 Å². The van der Waals surface area contributed by atoms with Gasteiger partial charge in [0.05, 0.1) is 11.3 Å². The van der Waals surface area contributed by atoms with Gasteiger partial charge in [-0.05, 0) is 12.5 Å². The number of rotatable bonds is 1. The van der Waals surface area contributed by atoms with Crippen molar-refractivity contribution in [2.24, 2.45) is 5.73 Å². The Balaban J connectivity index is 0.00000144. The second-order valence-corrected chi connectivity index (χ2v) is 3.89. The van der Waals surface area contributed by atoms with Crippen LogP contribution in [-0.2, 0) is 0 Å². The molecule has 1 atom stereocenters. The molecule has 1 aromatic carbocycles. The Morgan fingerprint density at radius 3 is 2.53 bits per heavy atom. The standard InChI is InChI=1S/C11H11F2N3.ClH/c12-9-3-7(5-14)11(4-10(9)13)16-2-1-8(15)6-16;/h3-4,8H,1-2,6,15H2;1H/t8-;/m0./s1. The van der Waals surface area contributed by atoms with Crippen LogP contribution in [0.4, 0.5) is 14.5 Å². The summed E-state index contributed by atoms with van der Waals surface area (Å²) in [5.41, 5.74) is 6.30. The van der Waals surface area contributed by atoms with E-state index in [2.05, 4.69) is 0 Å². The van der Waals surface area contributed by atoms with Crippen molar-refractivity contribution in [3.63, 3.8) is 0 Å². The van der Waals surface area contributed by atoms with Gasteiger partial charge in [-0.2, -0.15) is 5.26 Å². The molecule has 0 aliphatic carbocycles. The van der Waals surface area contributed by atoms with Crippen molar-refractivity contribution in [1.82, 2.24) is 0 Å². The molecule has 1 heterocycles. The number of benzene rings is 1. The molecule has 0 saturated carbocycles. The SMILES string of the molecule is Cl.N#Cc1cc(F)c(F)cc1N1CC[C@H](N)C1. The van der Waals surface area contributed by atoms with Gasteiger partial charge in [0.15, 0.2) is 11.6 Å². The van der Waals surface area contributed by atoms with Gasteiger partial charge in [0.2, 0.25) is 0 Å². The van der Waals surface area contributed by atoms with Crippen LogP contribution in [0.5, 0.6) is 0 Å². The molecule has 0 unspecified atom stereocenters. The van der Waals surface area contributed by atoms with E-state index < -0.39 is 11.6 Å². The predicted molar refractivity (Wildman–Crippen MR) is 63.1 cm³/mol. The third-order valence-corrected chi connectivity index (χ3v) is 2.72. The summed E-state index contributed by atoms with van der Waals surface area (Å²) in [5, 5.41) is 8.86. The second kappa shape index (κ2) is 5.30. The smallest absolute Gasteiger partial charge is 0.160 e. The number of nitriles is 1. The van der Waals surface area contributed by atoms with Gasteiger partial charge in [-0.15, -0.1) is 12.4 Å². The lowest BCUT2D eigenvalue weighted by Crippen LogP contribution is -2.27. The molecule has 1 fully saturated rings. The molecule has 2 rings (SSSR count). The zero-order chi connectivity index (χ0) is 11.7. The van der Waals surface area contributed by atoms with Crippen LogP contribution >= 0.6 is 12.4 Å². The van der Waals surface area contributed by atoms with Crippen molar-refractivity contribution >= 4 is 18.1 Å². The van der Waals surface area contributed by atoms with Gasteiger partial charge in [-0.3, -0.25) is 0 Å². The third kappa shape index (κ3) is 2.65. The van der Waals surface area contributed by atoms with E-state index in [1.807, 2.05) is 11.0 Å². The van der Waals surface area contributed by atoms with Crippen molar-refractivity contribution in [2.75, 3.05) is 18.0 Å². The molecule has 0 bridgehead atoms. The molecule has 1 saturated heterocycles. The highest BCUT2D eigenvalue weighted by Crippen LogP contribution is 2.26. The Morgan fingerprint density at radius 2 is 2.00 bits per heavy atom. The van der Waals surface area contributed by atoms with E-state index in [1.165, 1.54) is 0 Å². The molecule has 0 radical (unpaired) electrons. The van der Waals surface area contributed by atoms with Gasteiger partial charge in [-0.1, -0.05) is 0 Å². The van der Waals surface area contributed by atoms with E-state index in [4.69, 9.17) is 11.0 Å². The summed E-state index contributed by atoms with van der Waals surface area (Å²) < 4.78 is 26.0. The molecule has 1 aliphatic rings. The van der Waals surface area contributed by atoms with Crippen LogP contribution in [0.2, 0.25) is 0 Å². The van der Waals surface area contributed by atoms with Gasteiger partial charge in [0, 0.05) is 25.2 Å². The van der Waals surface area contributed by atoms with Crippen molar-refractivity contribution in [2.45, 2.75) is 12.5 Å². The van der Waals surface area contributed by atoms with Crippen LogP contribution in [0.1, 0.15) is 12.0 Å². The Bertz CT molecular complexity index is 459. The van der Waals surface area contributed by atoms with Gasteiger partial charge < -0.3 is 10.6 Å². The fourth-order valence-electron chi connectivity index (χ4n) is 1.89. The highest BCUT2D eigenvalue weighted by atomic mass is 35.5. The third-order valence-electron chi connectivity index (χ3n) is 2.72. The molecule has 2 N–H and O–H groups in total. The van der Waals surface area contributed by atoms with Gasteiger partial charge in [-0.25, -0.2) is 8.78 Å². The zero-order valence-corrected chi connectivity index (χ0v) is 9.81. The monoisotopic (exact) mass is 259 g/mol. The number of halogens is 3. The largest absolute Gasteiger partial charge is 0.369 e.